The molecule has 0 fully saturated rings. The van der Waals surface area contributed by atoms with Gasteiger partial charge in [-0.1, -0.05) is 31.9 Å². The molecule has 0 aliphatic carbocycles. The first-order valence-electron chi connectivity index (χ1n) is 8.91. The Bertz CT molecular complexity index is 990. The van der Waals surface area contributed by atoms with Gasteiger partial charge in [0.2, 0.25) is 5.89 Å². The number of benzene rings is 2. The van der Waals surface area contributed by atoms with E-state index in [9.17, 15) is 14.0 Å². The number of halogens is 2. The van der Waals surface area contributed by atoms with Crippen LogP contribution in [0.1, 0.15) is 42.9 Å². The van der Waals surface area contributed by atoms with Crippen LogP contribution in [0, 0.1) is 18.3 Å². The Balaban J connectivity index is 2.07. The third-order valence-electron chi connectivity index (χ3n) is 4.45. The third-order valence-corrected chi connectivity index (χ3v) is 4.45. The van der Waals surface area contributed by atoms with E-state index in [0.29, 0.717) is 40.1 Å². The molecular formula is C21H20F2N2O2. The van der Waals surface area contributed by atoms with Crippen LogP contribution < -0.4 is 4.74 Å². The fraction of sp³-hybridized carbons (Fsp3) is 0.333. The Kier molecular flexibility index (Phi) is 5.70. The van der Waals surface area contributed by atoms with Gasteiger partial charge in [0.1, 0.15) is 17.3 Å². The smallest absolute Gasteiger partial charge is 0.387 e. The highest BCUT2D eigenvalue weighted by Crippen LogP contribution is 2.33. The lowest BCUT2D eigenvalue weighted by Gasteiger charge is -2.10. The zero-order valence-corrected chi connectivity index (χ0v) is 15.3. The van der Waals surface area contributed by atoms with Crippen molar-refractivity contribution in [3.8, 4) is 23.3 Å². The van der Waals surface area contributed by atoms with Crippen molar-refractivity contribution in [3.63, 3.8) is 0 Å². The number of ether oxygens (including phenoxy) is 1. The molecule has 4 nitrogen and oxygen atoms in total. The number of alkyl halides is 2. The van der Waals surface area contributed by atoms with Gasteiger partial charge in [0.15, 0.2) is 5.58 Å². The highest BCUT2D eigenvalue weighted by molar-refractivity contribution is 5.80. The lowest BCUT2D eigenvalue weighted by Crippen LogP contribution is -2.04. The van der Waals surface area contributed by atoms with E-state index in [1.807, 2.05) is 19.1 Å². The van der Waals surface area contributed by atoms with Gasteiger partial charge in [-0.15, -0.1) is 0 Å². The summed E-state index contributed by atoms with van der Waals surface area (Å²) < 4.78 is 36.1. The normalized spacial score (nSPS) is 11.1. The predicted octanol–water partition coefficient (Wildman–Crippen LogP) is 6.01. The van der Waals surface area contributed by atoms with Crippen LogP contribution in [-0.2, 0) is 6.42 Å². The van der Waals surface area contributed by atoms with Gasteiger partial charge in [-0.05, 0) is 43.0 Å². The second kappa shape index (κ2) is 8.17. The molecule has 3 rings (SSSR count). The molecule has 0 bridgehead atoms. The highest BCUT2D eigenvalue weighted by Gasteiger charge is 2.17. The van der Waals surface area contributed by atoms with Crippen LogP contribution in [0.2, 0.25) is 0 Å². The number of nitrogens with zero attached hydrogens (tertiary/aromatic N) is 2. The molecule has 1 aromatic heterocycles. The molecule has 27 heavy (non-hydrogen) atoms. The summed E-state index contributed by atoms with van der Waals surface area (Å²) in [4.78, 5) is 4.48. The molecule has 140 valence electrons. The maximum absolute atomic E-state index is 12.8. The minimum atomic E-state index is -2.91. The predicted molar refractivity (Wildman–Crippen MR) is 98.8 cm³/mol. The van der Waals surface area contributed by atoms with Crippen molar-refractivity contribution < 1.29 is 17.9 Å². The van der Waals surface area contributed by atoms with Gasteiger partial charge in [0, 0.05) is 6.07 Å². The van der Waals surface area contributed by atoms with Crippen LogP contribution in [0.5, 0.6) is 5.75 Å². The van der Waals surface area contributed by atoms with Crippen molar-refractivity contribution in [3.05, 3.63) is 47.0 Å². The molecule has 1 heterocycles. The Morgan fingerprint density at radius 1 is 1.26 bits per heavy atom. The van der Waals surface area contributed by atoms with Gasteiger partial charge < -0.3 is 9.15 Å². The highest BCUT2D eigenvalue weighted by atomic mass is 19.3. The Morgan fingerprint density at radius 2 is 2.07 bits per heavy atom. The summed E-state index contributed by atoms with van der Waals surface area (Å²) in [5.74, 6) is 0.403. The summed E-state index contributed by atoms with van der Waals surface area (Å²) in [5, 5.41) is 9.42. The number of hydrogen-bond donors (Lipinski definition) is 0. The first-order valence-corrected chi connectivity index (χ1v) is 8.91. The van der Waals surface area contributed by atoms with E-state index >= 15 is 0 Å². The van der Waals surface area contributed by atoms with Gasteiger partial charge in [-0.25, -0.2) is 4.98 Å². The molecule has 0 spiro atoms. The summed E-state index contributed by atoms with van der Waals surface area (Å²) >= 11 is 0. The summed E-state index contributed by atoms with van der Waals surface area (Å²) in [6, 6.07) is 10.8. The maximum Gasteiger partial charge on any atom is 0.387 e. The number of aromatic nitrogens is 1. The van der Waals surface area contributed by atoms with Crippen molar-refractivity contribution in [2.24, 2.45) is 0 Å². The van der Waals surface area contributed by atoms with E-state index in [1.165, 1.54) is 6.07 Å². The topological polar surface area (TPSA) is 59.0 Å². The Hall–Kier alpha value is -2.94. The molecule has 0 aliphatic heterocycles. The van der Waals surface area contributed by atoms with Crippen molar-refractivity contribution >= 4 is 11.1 Å². The van der Waals surface area contributed by atoms with Crippen molar-refractivity contribution in [1.82, 2.24) is 4.98 Å². The summed E-state index contributed by atoms with van der Waals surface area (Å²) in [6.45, 7) is 1.01. The molecule has 0 saturated carbocycles. The zero-order chi connectivity index (χ0) is 19.4. The number of hydrogen-bond acceptors (Lipinski definition) is 4. The zero-order valence-electron chi connectivity index (χ0n) is 15.3. The largest absolute Gasteiger partial charge is 0.436 e. The number of oxazole rings is 1. The van der Waals surface area contributed by atoms with E-state index in [0.717, 1.165) is 24.8 Å². The molecule has 6 heteroatoms. The van der Waals surface area contributed by atoms with Gasteiger partial charge in [-0.3, -0.25) is 0 Å². The lowest BCUT2D eigenvalue weighted by molar-refractivity contribution is -0.0503. The number of fused-ring (bicyclic) bond motifs is 1. The number of aryl methyl sites for hydroxylation is 2. The maximum atomic E-state index is 12.8. The van der Waals surface area contributed by atoms with Crippen LogP contribution in [0.3, 0.4) is 0 Å². The standard InChI is InChI=1S/C21H20F2N2O2/c1-3-4-5-8-14-10-17-19(11-18(14)27-21(22)23)26-20(25-17)15-9-6-7-13(2)16(15)12-24/h6-7,9-11,21H,3-5,8H2,1-2H3. The second-order valence-corrected chi connectivity index (χ2v) is 6.39. The van der Waals surface area contributed by atoms with Crippen molar-refractivity contribution in [1.29, 1.82) is 5.26 Å². The van der Waals surface area contributed by atoms with Crippen LogP contribution in [0.15, 0.2) is 34.7 Å². The molecule has 0 atom stereocenters. The summed E-state index contributed by atoms with van der Waals surface area (Å²) in [6.07, 6.45) is 3.54. The quantitative estimate of drug-likeness (QED) is 0.478. The van der Waals surface area contributed by atoms with E-state index in [2.05, 4.69) is 22.7 Å². The lowest BCUT2D eigenvalue weighted by atomic mass is 10.0. The molecule has 0 amide bonds. The van der Waals surface area contributed by atoms with Gasteiger partial charge in [-0.2, -0.15) is 14.0 Å². The average Bonchev–Trinajstić information content (AvgIpc) is 3.04. The van der Waals surface area contributed by atoms with Gasteiger partial charge in [0.05, 0.1) is 11.1 Å². The molecule has 0 aliphatic rings. The van der Waals surface area contributed by atoms with Crippen LogP contribution in [-0.4, -0.2) is 11.6 Å². The minimum Gasteiger partial charge on any atom is -0.436 e. The molecule has 3 aromatic rings. The van der Waals surface area contributed by atoms with Crippen LogP contribution in [0.4, 0.5) is 8.78 Å². The number of nitriles is 1. The van der Waals surface area contributed by atoms with Crippen LogP contribution >= 0.6 is 0 Å². The Labute approximate surface area is 156 Å². The SMILES string of the molecule is CCCCCc1cc2nc(-c3cccc(C)c3C#N)oc2cc1OC(F)F. The summed E-state index contributed by atoms with van der Waals surface area (Å²) in [5.41, 5.74) is 3.47. The molecular weight excluding hydrogens is 350 g/mol. The average molecular weight is 370 g/mol. The molecule has 0 saturated heterocycles. The fourth-order valence-corrected chi connectivity index (χ4v) is 3.07. The van der Waals surface area contributed by atoms with E-state index in [-0.39, 0.29) is 5.75 Å². The van der Waals surface area contributed by atoms with Gasteiger partial charge in [0.25, 0.3) is 0 Å². The Morgan fingerprint density at radius 3 is 2.78 bits per heavy atom. The van der Waals surface area contributed by atoms with E-state index in [1.54, 1.807) is 12.1 Å². The first kappa shape index (κ1) is 18.8. The van der Waals surface area contributed by atoms with Crippen molar-refractivity contribution in [2.75, 3.05) is 0 Å². The van der Waals surface area contributed by atoms with E-state index in [4.69, 9.17) is 4.42 Å². The van der Waals surface area contributed by atoms with Crippen LogP contribution in [0.25, 0.3) is 22.6 Å². The monoisotopic (exact) mass is 370 g/mol. The summed E-state index contributed by atoms with van der Waals surface area (Å²) in [7, 11) is 0. The minimum absolute atomic E-state index is 0.112. The fourth-order valence-electron chi connectivity index (χ4n) is 3.07. The molecule has 0 unspecified atom stereocenters. The second-order valence-electron chi connectivity index (χ2n) is 6.39. The molecule has 0 radical (unpaired) electrons. The first-order chi connectivity index (χ1) is 13.0. The van der Waals surface area contributed by atoms with Crippen molar-refractivity contribution in [2.45, 2.75) is 46.1 Å². The third kappa shape index (κ3) is 4.08. The van der Waals surface area contributed by atoms with Gasteiger partial charge >= 0.3 is 6.61 Å². The number of unbranched alkanes of at least 4 members (excludes halogenated alkanes) is 2. The molecule has 2 aromatic carbocycles. The van der Waals surface area contributed by atoms with E-state index < -0.39 is 6.61 Å². The molecule has 0 N–H and O–H groups in total. The number of rotatable bonds is 7.